The lowest BCUT2D eigenvalue weighted by Crippen LogP contribution is -2.59. The van der Waals surface area contributed by atoms with E-state index >= 15 is 0 Å². The van der Waals surface area contributed by atoms with Crippen molar-refractivity contribution in [2.75, 3.05) is 46.9 Å². The van der Waals surface area contributed by atoms with Crippen molar-refractivity contribution in [2.24, 2.45) is 17.3 Å². The predicted molar refractivity (Wildman–Crippen MR) is 260 cm³/mol. The highest BCUT2D eigenvalue weighted by Crippen LogP contribution is 2.42. The fraction of sp³-hybridized carbons (Fsp3) is 0.509. The van der Waals surface area contributed by atoms with Crippen molar-refractivity contribution in [1.29, 1.82) is 0 Å². The first-order chi connectivity index (χ1) is 32.1. The van der Waals surface area contributed by atoms with Crippen molar-refractivity contribution in [3.63, 3.8) is 0 Å². The summed E-state index contributed by atoms with van der Waals surface area (Å²) in [5, 5.41) is 5.82. The van der Waals surface area contributed by atoms with Crippen molar-refractivity contribution in [1.82, 2.24) is 35.1 Å². The molecule has 2 fully saturated rings. The summed E-state index contributed by atoms with van der Waals surface area (Å²) < 4.78 is 13.5. The van der Waals surface area contributed by atoms with E-state index < -0.39 is 17.5 Å². The summed E-state index contributed by atoms with van der Waals surface area (Å²) >= 11 is 0. The number of nitrogens with one attached hydrogen (secondary N) is 2. The molecule has 0 spiro atoms. The van der Waals surface area contributed by atoms with Crippen LogP contribution in [0.4, 0.5) is 0 Å². The molecule has 67 heavy (non-hydrogen) atoms. The van der Waals surface area contributed by atoms with Crippen LogP contribution >= 0.6 is 0 Å². The van der Waals surface area contributed by atoms with Crippen LogP contribution < -0.4 is 10.7 Å². The number of carbonyl (C=O) groups is 5. The third-order valence-corrected chi connectivity index (χ3v) is 13.2. The van der Waals surface area contributed by atoms with Gasteiger partial charge in [0, 0.05) is 87.3 Å². The lowest BCUT2D eigenvalue weighted by atomic mass is 9.84. The molecule has 2 N–H and O–H groups in total. The molecule has 2 aliphatic heterocycles. The molecule has 2 saturated heterocycles. The number of likely N-dealkylation sites (tertiary alicyclic amines) is 1. The van der Waals surface area contributed by atoms with Crippen LogP contribution in [0.1, 0.15) is 97.1 Å². The molecule has 0 saturated carbocycles. The van der Waals surface area contributed by atoms with E-state index in [0.29, 0.717) is 58.5 Å². The summed E-state index contributed by atoms with van der Waals surface area (Å²) in [7, 11) is 3.36. The molecule has 2 aromatic heterocycles. The summed E-state index contributed by atoms with van der Waals surface area (Å²) in [4.78, 5) is 74.3. The minimum absolute atomic E-state index is 0.116. The second-order valence-corrected chi connectivity index (χ2v) is 19.0. The molecule has 4 atom stereocenters. The second kappa shape index (κ2) is 22.6. The normalized spacial score (nSPS) is 16.6. The maximum atomic E-state index is 14.5. The molecule has 4 heterocycles. The molecule has 2 aromatic carbocycles. The number of amides is 4. The number of benzene rings is 2. The molecule has 4 amide bonds. The zero-order valence-electron chi connectivity index (χ0n) is 40.8. The Bertz CT molecular complexity index is 2480. The lowest BCUT2D eigenvalue weighted by Gasteiger charge is -2.34. The van der Waals surface area contributed by atoms with Crippen molar-refractivity contribution in [3.8, 4) is 34.2 Å². The molecule has 0 aliphatic carbocycles. The number of ether oxygens (including phenoxy) is 2. The fourth-order valence-electron chi connectivity index (χ4n) is 9.66. The van der Waals surface area contributed by atoms with Crippen molar-refractivity contribution < 1.29 is 33.4 Å². The van der Waals surface area contributed by atoms with Gasteiger partial charge in [0.2, 0.25) is 11.8 Å². The van der Waals surface area contributed by atoms with E-state index in [4.69, 9.17) is 14.5 Å². The zero-order chi connectivity index (χ0) is 48.4. The highest BCUT2D eigenvalue weighted by atomic mass is 16.5. The number of aryl methyl sites for hydroxylation is 1. The maximum absolute atomic E-state index is 14.5. The van der Waals surface area contributed by atoms with Gasteiger partial charge >= 0.3 is 0 Å². The van der Waals surface area contributed by atoms with Crippen LogP contribution in [0, 0.1) is 29.1 Å². The number of hydrazine groups is 1. The number of hydrogen-bond donors (Lipinski definition) is 2. The lowest BCUT2D eigenvalue weighted by molar-refractivity contribution is -0.144. The minimum atomic E-state index is -0.906. The molecule has 14 heteroatoms. The summed E-state index contributed by atoms with van der Waals surface area (Å²) in [6.07, 6.45) is 5.22. The number of methoxy groups -OCH3 is 1. The number of aromatic nitrogens is 2. The summed E-state index contributed by atoms with van der Waals surface area (Å²) in [6.45, 7) is 17.2. The number of nitrogens with zero attached hydrogens (tertiary/aromatic N) is 5. The van der Waals surface area contributed by atoms with Crippen LogP contribution in [0.3, 0.4) is 0 Å². The van der Waals surface area contributed by atoms with Gasteiger partial charge < -0.3 is 29.2 Å². The van der Waals surface area contributed by atoms with Crippen molar-refractivity contribution >= 4 is 41.0 Å². The van der Waals surface area contributed by atoms with Crippen molar-refractivity contribution in [3.05, 3.63) is 77.6 Å². The van der Waals surface area contributed by atoms with Crippen LogP contribution in [0.25, 0.3) is 33.3 Å². The average Bonchev–Trinajstić information content (AvgIpc) is 3.84. The molecule has 4 aromatic rings. The average molecular weight is 916 g/mol. The Morgan fingerprint density at radius 3 is 2.52 bits per heavy atom. The topological polar surface area (TPSA) is 155 Å². The molecule has 6 rings (SSSR count). The van der Waals surface area contributed by atoms with Gasteiger partial charge in [-0.2, -0.15) is 0 Å². The van der Waals surface area contributed by atoms with Crippen LogP contribution in [0.15, 0.2) is 60.8 Å². The van der Waals surface area contributed by atoms with E-state index in [9.17, 15) is 24.0 Å². The van der Waals surface area contributed by atoms with Crippen LogP contribution in [-0.4, -0.2) is 113 Å². The van der Waals surface area contributed by atoms with Gasteiger partial charge in [0.1, 0.15) is 12.1 Å². The van der Waals surface area contributed by atoms with Gasteiger partial charge in [-0.3, -0.25) is 34.0 Å². The monoisotopic (exact) mass is 916 g/mol. The second-order valence-electron chi connectivity index (χ2n) is 19.0. The number of carbonyl (C=O) groups excluding carboxylic acids is 5. The Labute approximate surface area is 396 Å². The zero-order valence-corrected chi connectivity index (χ0v) is 40.8. The number of rotatable bonds is 20. The molecule has 0 bridgehead atoms. The van der Waals surface area contributed by atoms with E-state index in [1.54, 1.807) is 37.2 Å². The number of pyridine rings is 1. The maximum Gasteiger partial charge on any atom is 0.298 e. The Morgan fingerprint density at radius 1 is 1.06 bits per heavy atom. The van der Waals surface area contributed by atoms with Gasteiger partial charge in [-0.15, -0.1) is 0 Å². The van der Waals surface area contributed by atoms with Gasteiger partial charge in [0.05, 0.1) is 24.1 Å². The minimum Gasteiger partial charge on any atom is -0.467 e. The molecular weight excluding hydrogens is 847 g/mol. The first kappa shape index (κ1) is 50.4. The third kappa shape index (κ3) is 11.7. The standard InChI is InChI=1S/C53H69N7O7/c1-10-16-46(62)57(8)27-22-38-23-28-59(51(38)64)48(35(3)4)50(63)56-44(52(65)60-26-13-12-25-55-60)30-37-17-14-18-39(29-37)40-20-21-45-42(31-40)43(32-53(6,7)33-67-34-61)49(58(45)11-2)41-19-15-24-54-47(41)36(5)66-9/h14-15,17-21,24,29,31,34-36,38,44,48,55H,11-13,22-23,25-28,30,32-33H2,1-9H3,(H,56,63). The molecule has 358 valence electrons. The largest absolute Gasteiger partial charge is 0.467 e. The van der Waals surface area contributed by atoms with Crippen LogP contribution in [0.5, 0.6) is 0 Å². The number of hydrogen-bond acceptors (Lipinski definition) is 9. The molecular formula is C53H69N7O7. The molecule has 4 unspecified atom stereocenters. The van der Waals surface area contributed by atoms with Gasteiger partial charge in [0.25, 0.3) is 18.3 Å². The van der Waals surface area contributed by atoms with E-state index in [0.717, 1.165) is 62.9 Å². The van der Waals surface area contributed by atoms with Crippen molar-refractivity contribution in [2.45, 2.75) is 112 Å². The Kier molecular flexibility index (Phi) is 17.0. The smallest absolute Gasteiger partial charge is 0.298 e. The first-order valence-electron chi connectivity index (χ1n) is 23.7. The van der Waals surface area contributed by atoms with Gasteiger partial charge in [0.15, 0.2) is 0 Å². The fourth-order valence-corrected chi connectivity index (χ4v) is 9.66. The SMILES string of the molecule is CC#CC(=O)N(C)CCC1CCN(C(C(=O)NC(Cc2cccc(-c3ccc4c(c3)c(CC(C)(C)COC=O)c(-c3cccnc3C(C)OC)n4CC)c2)C(=O)N2CCCCN2)C(C)C)C1=O. The van der Waals surface area contributed by atoms with Gasteiger partial charge in [-0.25, -0.2) is 5.43 Å². The Balaban J connectivity index is 1.33. The van der Waals surface area contributed by atoms with E-state index in [1.165, 1.54) is 4.90 Å². The highest BCUT2D eigenvalue weighted by molar-refractivity contribution is 5.96. The summed E-state index contributed by atoms with van der Waals surface area (Å²) in [5.74, 6) is 3.61. The van der Waals surface area contributed by atoms with Gasteiger partial charge in [-0.05, 0) is 111 Å². The van der Waals surface area contributed by atoms with E-state index in [1.807, 2.05) is 39.0 Å². The van der Waals surface area contributed by atoms with Gasteiger partial charge in [-0.1, -0.05) is 63.9 Å². The Hall–Kier alpha value is -6.04. The quantitative estimate of drug-likeness (QED) is 0.0725. The Morgan fingerprint density at radius 2 is 1.84 bits per heavy atom. The molecule has 2 aliphatic rings. The highest BCUT2D eigenvalue weighted by Gasteiger charge is 2.41. The summed E-state index contributed by atoms with van der Waals surface area (Å²) in [5.41, 5.74) is 10.7. The third-order valence-electron chi connectivity index (χ3n) is 13.2. The predicted octanol–water partition coefficient (Wildman–Crippen LogP) is 6.74. The number of fused-ring (bicyclic) bond motifs is 1. The van der Waals surface area contributed by atoms with Crippen LogP contribution in [-0.2, 0) is 52.8 Å². The van der Waals surface area contributed by atoms with Crippen LogP contribution in [0.2, 0.25) is 0 Å². The first-order valence-corrected chi connectivity index (χ1v) is 23.7. The molecule has 14 nitrogen and oxygen atoms in total. The molecule has 0 radical (unpaired) electrons. The van der Waals surface area contributed by atoms with E-state index in [2.05, 4.69) is 84.3 Å². The summed E-state index contributed by atoms with van der Waals surface area (Å²) in [6, 6.07) is 16.9. The van der Waals surface area contributed by atoms with E-state index in [-0.39, 0.29) is 54.6 Å².